The number of hydrogen-bond donors (Lipinski definition) is 0. The van der Waals surface area contributed by atoms with Gasteiger partial charge in [-0.3, -0.25) is 0 Å². The average Bonchev–Trinajstić information content (AvgIpc) is 2.96. The molecule has 2 heterocycles. The number of halogens is 1. The first-order valence-corrected chi connectivity index (χ1v) is 12.6. The van der Waals surface area contributed by atoms with Crippen LogP contribution in [-0.2, 0) is 19.1 Å². The van der Waals surface area contributed by atoms with Gasteiger partial charge in [-0.25, -0.2) is 14.0 Å². The van der Waals surface area contributed by atoms with E-state index >= 15 is 0 Å². The first-order valence-electron chi connectivity index (χ1n) is 12.6. The van der Waals surface area contributed by atoms with Crippen LogP contribution in [0.25, 0.3) is 11.1 Å². The Morgan fingerprint density at radius 1 is 0.872 bits per heavy atom. The molecule has 0 bridgehead atoms. The van der Waals surface area contributed by atoms with Crippen LogP contribution in [0.4, 0.5) is 10.1 Å². The molecule has 5 rings (SSSR count). The molecule has 0 aliphatic carbocycles. The highest BCUT2D eigenvalue weighted by molar-refractivity contribution is 6.07. The molecular formula is C31H24FN3O4. The van der Waals surface area contributed by atoms with Crippen LogP contribution in [0, 0.1) is 33.9 Å². The third-order valence-electron chi connectivity index (χ3n) is 7.18. The number of hydrogen-bond acceptors (Lipinski definition) is 7. The van der Waals surface area contributed by atoms with E-state index < -0.39 is 35.1 Å². The van der Waals surface area contributed by atoms with Crippen LogP contribution in [0.15, 0.2) is 84.1 Å². The third kappa shape index (κ3) is 3.84. The van der Waals surface area contributed by atoms with Crippen molar-refractivity contribution in [1.29, 1.82) is 10.5 Å². The Balaban J connectivity index is 1.98. The molecule has 7 nitrogen and oxygen atoms in total. The molecule has 2 unspecified atom stereocenters. The number of esters is 2. The summed E-state index contributed by atoms with van der Waals surface area (Å²) in [6.45, 7) is 3.28. The second-order valence-corrected chi connectivity index (χ2v) is 9.16. The van der Waals surface area contributed by atoms with Crippen molar-refractivity contribution in [2.24, 2.45) is 5.41 Å². The van der Waals surface area contributed by atoms with Crippen LogP contribution < -0.4 is 4.90 Å². The lowest BCUT2D eigenvalue weighted by atomic mass is 9.59. The number of benzene rings is 3. The van der Waals surface area contributed by atoms with Crippen LogP contribution in [0.5, 0.6) is 0 Å². The lowest BCUT2D eigenvalue weighted by Crippen LogP contribution is -2.52. The van der Waals surface area contributed by atoms with E-state index in [0.717, 1.165) is 11.1 Å². The zero-order valence-electron chi connectivity index (χ0n) is 21.3. The summed E-state index contributed by atoms with van der Waals surface area (Å²) < 4.78 is 24.9. The van der Waals surface area contributed by atoms with Gasteiger partial charge in [0.1, 0.15) is 11.5 Å². The molecule has 2 aliphatic heterocycles. The number of nitrogens with zero attached hydrogens (tertiary/aromatic N) is 3. The number of anilines is 1. The lowest BCUT2D eigenvalue weighted by Gasteiger charge is -2.51. The number of ether oxygens (including phenoxy) is 2. The highest BCUT2D eigenvalue weighted by Crippen LogP contribution is 2.62. The van der Waals surface area contributed by atoms with Gasteiger partial charge in [-0.15, -0.1) is 0 Å². The maximum Gasteiger partial charge on any atom is 0.355 e. The second kappa shape index (κ2) is 10.1. The molecule has 8 heteroatoms. The van der Waals surface area contributed by atoms with E-state index in [2.05, 4.69) is 12.1 Å². The molecule has 0 radical (unpaired) electrons. The van der Waals surface area contributed by atoms with Crippen LogP contribution in [-0.4, -0.2) is 25.2 Å². The maximum absolute atomic E-state index is 14.0. The molecule has 0 fully saturated rings. The summed E-state index contributed by atoms with van der Waals surface area (Å²) in [5.41, 5.74) is 0.826. The van der Waals surface area contributed by atoms with Crippen molar-refractivity contribution in [1.82, 2.24) is 0 Å². The number of carbonyl (C=O) groups is 2. The van der Waals surface area contributed by atoms with E-state index in [1.54, 1.807) is 36.9 Å². The minimum atomic E-state index is -1.93. The fraction of sp³-hybridized carbons (Fsp3) is 0.226. The van der Waals surface area contributed by atoms with Crippen molar-refractivity contribution in [2.75, 3.05) is 18.1 Å². The van der Waals surface area contributed by atoms with E-state index in [-0.39, 0.29) is 24.5 Å². The van der Waals surface area contributed by atoms with E-state index in [0.29, 0.717) is 16.8 Å². The minimum Gasteiger partial charge on any atom is -0.463 e. The smallest absolute Gasteiger partial charge is 0.355 e. The average molecular weight is 522 g/mol. The number of nitriles is 2. The molecule has 0 aromatic heterocycles. The molecule has 3 aromatic rings. The van der Waals surface area contributed by atoms with E-state index in [4.69, 9.17) is 9.47 Å². The summed E-state index contributed by atoms with van der Waals surface area (Å²) in [6.07, 6.45) is 0. The highest BCUT2D eigenvalue weighted by Gasteiger charge is 2.61. The number of para-hydroxylation sites is 1. The van der Waals surface area contributed by atoms with Gasteiger partial charge >= 0.3 is 11.9 Å². The Hall–Kier alpha value is -4.95. The SMILES string of the molecule is CCOC(=O)C1=C(C(=O)OCC)N2c3ccccc3-c3ccccc3C2C(C#N)(C#N)C1c1ccc(F)cc1. The summed E-state index contributed by atoms with van der Waals surface area (Å²) in [7, 11) is 0. The third-order valence-corrected chi connectivity index (χ3v) is 7.18. The van der Waals surface area contributed by atoms with Gasteiger partial charge in [0.05, 0.1) is 42.9 Å². The largest absolute Gasteiger partial charge is 0.463 e. The Morgan fingerprint density at radius 3 is 2.10 bits per heavy atom. The molecule has 3 aromatic carbocycles. The van der Waals surface area contributed by atoms with Crippen LogP contribution in [0.3, 0.4) is 0 Å². The predicted molar refractivity (Wildman–Crippen MR) is 140 cm³/mol. The monoisotopic (exact) mass is 521 g/mol. The van der Waals surface area contributed by atoms with Crippen LogP contribution in [0.1, 0.15) is 36.9 Å². The highest BCUT2D eigenvalue weighted by atomic mass is 19.1. The minimum absolute atomic E-state index is 0.0104. The first-order chi connectivity index (χ1) is 18.9. The van der Waals surface area contributed by atoms with Gasteiger partial charge in [0, 0.05) is 11.3 Å². The van der Waals surface area contributed by atoms with E-state index in [9.17, 15) is 24.5 Å². The summed E-state index contributed by atoms with van der Waals surface area (Å²) in [5.74, 6) is -3.44. The fourth-order valence-corrected chi connectivity index (χ4v) is 5.71. The topological polar surface area (TPSA) is 103 Å². The number of fused-ring (bicyclic) bond motifs is 6. The van der Waals surface area contributed by atoms with Crippen molar-refractivity contribution in [3.05, 3.63) is 101 Å². The summed E-state index contributed by atoms with van der Waals surface area (Å²) in [6, 6.07) is 23.3. The Labute approximate surface area is 225 Å². The molecule has 194 valence electrons. The Kier molecular flexibility index (Phi) is 6.64. The molecule has 0 N–H and O–H groups in total. The van der Waals surface area contributed by atoms with Crippen molar-refractivity contribution in [3.63, 3.8) is 0 Å². The molecule has 0 saturated carbocycles. The fourth-order valence-electron chi connectivity index (χ4n) is 5.71. The Bertz CT molecular complexity index is 1570. The molecule has 39 heavy (non-hydrogen) atoms. The molecule has 0 spiro atoms. The van der Waals surface area contributed by atoms with Gasteiger partial charge < -0.3 is 14.4 Å². The van der Waals surface area contributed by atoms with Gasteiger partial charge in [-0.05, 0) is 48.7 Å². The van der Waals surface area contributed by atoms with Gasteiger partial charge in [0.2, 0.25) is 0 Å². The quantitative estimate of drug-likeness (QED) is 0.405. The standard InChI is InChI=1S/C31H24FN3O4/c1-3-38-29(36)25-26(19-13-15-20(32)16-14-19)31(17-33,18-34)28-23-11-6-5-9-21(23)22-10-7-8-12-24(22)35(28)27(25)30(37)39-4-2/h5-16,26,28H,3-4H2,1-2H3. The zero-order valence-corrected chi connectivity index (χ0v) is 21.3. The Morgan fingerprint density at radius 2 is 1.46 bits per heavy atom. The van der Waals surface area contributed by atoms with E-state index in [1.165, 1.54) is 24.3 Å². The lowest BCUT2D eigenvalue weighted by molar-refractivity contribution is -0.142. The zero-order chi connectivity index (χ0) is 27.7. The maximum atomic E-state index is 14.0. The molecular weight excluding hydrogens is 497 g/mol. The van der Waals surface area contributed by atoms with Crippen LogP contribution >= 0.6 is 0 Å². The molecule has 2 atom stereocenters. The molecule has 0 saturated heterocycles. The summed E-state index contributed by atoms with van der Waals surface area (Å²) in [5, 5.41) is 21.7. The molecule has 2 aliphatic rings. The van der Waals surface area contributed by atoms with Crippen LogP contribution in [0.2, 0.25) is 0 Å². The predicted octanol–water partition coefficient (Wildman–Crippen LogP) is 5.57. The van der Waals surface area contributed by atoms with Crippen molar-refractivity contribution >= 4 is 17.6 Å². The van der Waals surface area contributed by atoms with Gasteiger partial charge in [0.25, 0.3) is 0 Å². The van der Waals surface area contributed by atoms with E-state index in [1.807, 2.05) is 30.3 Å². The number of carbonyl (C=O) groups excluding carboxylic acids is 2. The second-order valence-electron chi connectivity index (χ2n) is 9.16. The number of rotatable bonds is 5. The van der Waals surface area contributed by atoms with Crippen molar-refractivity contribution in [2.45, 2.75) is 25.8 Å². The first kappa shape index (κ1) is 25.7. The summed E-state index contributed by atoms with van der Waals surface area (Å²) in [4.78, 5) is 29.0. The van der Waals surface area contributed by atoms with Crippen molar-refractivity contribution < 1.29 is 23.5 Å². The van der Waals surface area contributed by atoms with Gasteiger partial charge in [-0.1, -0.05) is 54.6 Å². The molecule has 0 amide bonds. The van der Waals surface area contributed by atoms with Gasteiger partial charge in [0.15, 0.2) is 5.41 Å². The summed E-state index contributed by atoms with van der Waals surface area (Å²) >= 11 is 0. The van der Waals surface area contributed by atoms with Crippen molar-refractivity contribution in [3.8, 4) is 23.3 Å². The van der Waals surface area contributed by atoms with Gasteiger partial charge in [-0.2, -0.15) is 10.5 Å². The normalized spacial score (nSPS) is 18.5.